The first-order chi connectivity index (χ1) is 14.0. The van der Waals surface area contributed by atoms with Crippen LogP contribution in [0.2, 0.25) is 0 Å². The van der Waals surface area contributed by atoms with Gasteiger partial charge in [0.2, 0.25) is 0 Å². The van der Waals surface area contributed by atoms with Gasteiger partial charge in [-0.15, -0.1) is 0 Å². The van der Waals surface area contributed by atoms with Crippen molar-refractivity contribution < 1.29 is 21.6 Å². The van der Waals surface area contributed by atoms with Gasteiger partial charge in [-0.05, 0) is 50.7 Å². The number of thiocarbonyl (C=S) groups is 1. The molecule has 7 nitrogen and oxygen atoms in total. The highest BCUT2D eigenvalue weighted by atomic mass is 32.2. The molecule has 1 aromatic heterocycles. The van der Waals surface area contributed by atoms with Gasteiger partial charge < -0.3 is 5.32 Å². The summed E-state index contributed by atoms with van der Waals surface area (Å²) in [4.78, 5) is 0. The highest BCUT2D eigenvalue weighted by Crippen LogP contribution is 2.30. The van der Waals surface area contributed by atoms with Gasteiger partial charge >= 0.3 is 6.18 Å². The molecule has 162 valence electrons. The maximum atomic E-state index is 12.8. The molecule has 1 aliphatic rings. The van der Waals surface area contributed by atoms with Crippen LogP contribution in [0.25, 0.3) is 0 Å². The van der Waals surface area contributed by atoms with Crippen LogP contribution in [0.4, 0.5) is 18.9 Å². The normalized spacial score (nSPS) is 18.6. The monoisotopic (exact) mass is 459 g/mol. The summed E-state index contributed by atoms with van der Waals surface area (Å²) in [6.45, 7) is 3.61. The van der Waals surface area contributed by atoms with Crippen LogP contribution in [-0.2, 0) is 16.0 Å². The quantitative estimate of drug-likeness (QED) is 0.415. The van der Waals surface area contributed by atoms with Gasteiger partial charge in [-0.3, -0.25) is 10.1 Å². The Hall–Kier alpha value is -2.47. The van der Waals surface area contributed by atoms with Crippen molar-refractivity contribution in [2.45, 2.75) is 32.5 Å². The van der Waals surface area contributed by atoms with E-state index < -0.39 is 21.6 Å². The zero-order chi connectivity index (χ0) is 22.1. The largest absolute Gasteiger partial charge is 0.416 e. The van der Waals surface area contributed by atoms with Crippen molar-refractivity contribution in [3.63, 3.8) is 0 Å². The van der Waals surface area contributed by atoms with Crippen molar-refractivity contribution >= 4 is 39.1 Å². The first-order valence-corrected chi connectivity index (χ1v) is 11.2. The van der Waals surface area contributed by atoms with E-state index in [-0.39, 0.29) is 28.3 Å². The molecular formula is C18H20F3N5O2S2. The standard InChI is InChI=1S/C18H20F3N5O2S2/c1-11-16(12(2)26(25-11)15-6-7-30(27,28)10-15)9-22-24-17(29)23-14-5-3-4-13(8-14)18(19,20)21/h3-5,8-9,15H,6-7,10H2,1-2H3,(H2,23,24,29)/b22-9+. The van der Waals surface area contributed by atoms with Gasteiger partial charge in [0.1, 0.15) is 0 Å². The number of sulfone groups is 1. The zero-order valence-electron chi connectivity index (χ0n) is 16.2. The van der Waals surface area contributed by atoms with Gasteiger partial charge in [0.25, 0.3) is 0 Å². The minimum Gasteiger partial charge on any atom is -0.331 e. The number of halogens is 3. The van der Waals surface area contributed by atoms with Crippen LogP contribution in [-0.4, -0.2) is 41.0 Å². The summed E-state index contributed by atoms with van der Waals surface area (Å²) in [5.74, 6) is 0.214. The lowest BCUT2D eigenvalue weighted by Crippen LogP contribution is -2.24. The lowest BCUT2D eigenvalue weighted by Gasteiger charge is -2.11. The molecule has 3 rings (SSSR count). The molecular weight excluding hydrogens is 439 g/mol. The van der Waals surface area contributed by atoms with Crippen LogP contribution in [0.15, 0.2) is 29.4 Å². The Labute approximate surface area is 177 Å². The van der Waals surface area contributed by atoms with E-state index in [1.807, 2.05) is 6.92 Å². The summed E-state index contributed by atoms with van der Waals surface area (Å²) in [6.07, 6.45) is -2.43. The zero-order valence-corrected chi connectivity index (χ0v) is 17.8. The summed E-state index contributed by atoms with van der Waals surface area (Å²) in [5, 5.41) is 11.1. The summed E-state index contributed by atoms with van der Waals surface area (Å²) in [6, 6.07) is 4.46. The number of nitrogens with one attached hydrogen (secondary N) is 2. The fourth-order valence-corrected chi connectivity index (χ4v) is 5.14. The van der Waals surface area contributed by atoms with E-state index in [4.69, 9.17) is 12.2 Å². The predicted octanol–water partition coefficient (Wildman–Crippen LogP) is 3.20. The number of hydrazone groups is 1. The molecule has 0 aliphatic carbocycles. The van der Waals surface area contributed by atoms with Crippen LogP contribution in [0.1, 0.15) is 35.0 Å². The molecule has 0 amide bonds. The molecule has 1 aliphatic heterocycles. The number of aromatic nitrogens is 2. The van der Waals surface area contributed by atoms with Crippen LogP contribution in [0, 0.1) is 13.8 Å². The molecule has 1 atom stereocenters. The third-order valence-electron chi connectivity index (χ3n) is 4.74. The van der Waals surface area contributed by atoms with Gasteiger partial charge in [0, 0.05) is 16.9 Å². The fraction of sp³-hybridized carbons (Fsp3) is 0.389. The van der Waals surface area contributed by atoms with E-state index in [0.29, 0.717) is 17.7 Å². The molecule has 2 N–H and O–H groups in total. The third-order valence-corrected chi connectivity index (χ3v) is 6.69. The summed E-state index contributed by atoms with van der Waals surface area (Å²) in [7, 11) is -3.04. The lowest BCUT2D eigenvalue weighted by atomic mass is 10.2. The minimum absolute atomic E-state index is 0.0233. The highest BCUT2D eigenvalue weighted by Gasteiger charge is 2.31. The molecule has 1 unspecified atom stereocenters. The Balaban J connectivity index is 1.65. The Kier molecular flexibility index (Phi) is 6.18. The highest BCUT2D eigenvalue weighted by molar-refractivity contribution is 7.91. The molecule has 0 radical (unpaired) electrons. The van der Waals surface area contributed by atoms with E-state index in [9.17, 15) is 21.6 Å². The van der Waals surface area contributed by atoms with Crippen molar-refractivity contribution in [3.8, 4) is 0 Å². The topological polar surface area (TPSA) is 88.4 Å². The van der Waals surface area contributed by atoms with Gasteiger partial charge in [-0.1, -0.05) is 6.07 Å². The van der Waals surface area contributed by atoms with Crippen molar-refractivity contribution in [3.05, 3.63) is 46.8 Å². The average Bonchev–Trinajstić information content (AvgIpc) is 3.14. The second kappa shape index (κ2) is 8.34. The van der Waals surface area contributed by atoms with Crippen LogP contribution >= 0.6 is 12.2 Å². The fourth-order valence-electron chi connectivity index (χ4n) is 3.27. The van der Waals surface area contributed by atoms with E-state index in [1.165, 1.54) is 18.3 Å². The molecule has 0 saturated carbocycles. The Morgan fingerprint density at radius 3 is 2.73 bits per heavy atom. The first-order valence-electron chi connectivity index (χ1n) is 9.00. The lowest BCUT2D eigenvalue weighted by molar-refractivity contribution is -0.137. The van der Waals surface area contributed by atoms with E-state index >= 15 is 0 Å². The third kappa shape index (κ3) is 5.17. The Morgan fingerprint density at radius 2 is 2.10 bits per heavy atom. The van der Waals surface area contributed by atoms with Crippen LogP contribution in [0.3, 0.4) is 0 Å². The minimum atomic E-state index is -4.45. The Bertz CT molecular complexity index is 1090. The molecule has 0 bridgehead atoms. The number of rotatable bonds is 4. The van der Waals surface area contributed by atoms with Gasteiger partial charge in [0.05, 0.1) is 35.0 Å². The summed E-state index contributed by atoms with van der Waals surface area (Å²) < 4.78 is 63.5. The molecule has 0 spiro atoms. The van der Waals surface area contributed by atoms with E-state index in [2.05, 4.69) is 20.9 Å². The number of benzene rings is 1. The molecule has 1 fully saturated rings. The molecule has 1 saturated heterocycles. The molecule has 1 aromatic carbocycles. The Morgan fingerprint density at radius 1 is 1.37 bits per heavy atom. The SMILES string of the molecule is Cc1nn(C2CCS(=O)(=O)C2)c(C)c1/C=N/NC(=S)Nc1cccc(C(F)(F)F)c1. The second-order valence-electron chi connectivity index (χ2n) is 6.99. The maximum absolute atomic E-state index is 12.8. The number of anilines is 1. The number of hydrogen-bond donors (Lipinski definition) is 2. The van der Waals surface area contributed by atoms with E-state index in [0.717, 1.165) is 17.8 Å². The smallest absolute Gasteiger partial charge is 0.331 e. The van der Waals surface area contributed by atoms with Crippen molar-refractivity contribution in [2.24, 2.45) is 5.10 Å². The molecule has 2 aromatic rings. The van der Waals surface area contributed by atoms with Crippen LogP contribution in [0.5, 0.6) is 0 Å². The van der Waals surface area contributed by atoms with Gasteiger partial charge in [-0.25, -0.2) is 8.42 Å². The average molecular weight is 460 g/mol. The summed E-state index contributed by atoms with van der Waals surface area (Å²) in [5.41, 5.74) is 4.13. The molecule has 12 heteroatoms. The summed E-state index contributed by atoms with van der Waals surface area (Å²) >= 11 is 5.07. The molecule has 30 heavy (non-hydrogen) atoms. The van der Waals surface area contributed by atoms with Crippen molar-refractivity contribution in [1.29, 1.82) is 0 Å². The number of aryl methyl sites for hydroxylation is 1. The number of alkyl halides is 3. The van der Waals surface area contributed by atoms with Crippen molar-refractivity contribution in [1.82, 2.24) is 15.2 Å². The number of hydrogen-bond acceptors (Lipinski definition) is 5. The maximum Gasteiger partial charge on any atom is 0.416 e. The van der Waals surface area contributed by atoms with Gasteiger partial charge in [-0.2, -0.15) is 23.4 Å². The molecule has 2 heterocycles. The first kappa shape index (κ1) is 22.2. The van der Waals surface area contributed by atoms with Crippen LogP contribution < -0.4 is 10.7 Å². The number of nitrogens with zero attached hydrogens (tertiary/aromatic N) is 3. The van der Waals surface area contributed by atoms with Gasteiger partial charge in [0.15, 0.2) is 14.9 Å². The second-order valence-corrected chi connectivity index (χ2v) is 9.63. The van der Waals surface area contributed by atoms with Crippen molar-refractivity contribution in [2.75, 3.05) is 16.8 Å². The van der Waals surface area contributed by atoms with E-state index in [1.54, 1.807) is 11.6 Å². The predicted molar refractivity (Wildman–Crippen MR) is 112 cm³/mol.